The number of sulfonamides is 1. The van der Waals surface area contributed by atoms with Crippen LogP contribution in [0.25, 0.3) is 0 Å². The Hall–Kier alpha value is -1.18. The Kier molecular flexibility index (Phi) is 3.80. The average Bonchev–Trinajstić information content (AvgIpc) is 2.79. The molecule has 0 spiro atoms. The third-order valence-corrected chi connectivity index (χ3v) is 5.91. The van der Waals surface area contributed by atoms with Crippen molar-refractivity contribution in [3.8, 4) is 0 Å². The molecule has 0 fully saturated rings. The van der Waals surface area contributed by atoms with Crippen molar-refractivity contribution in [2.45, 2.75) is 4.21 Å². The molecule has 8 heteroatoms. The van der Waals surface area contributed by atoms with Crippen molar-refractivity contribution >= 4 is 38.6 Å². The molecule has 1 aromatic carbocycles. The van der Waals surface area contributed by atoms with Gasteiger partial charge in [0.05, 0.1) is 10.0 Å². The van der Waals surface area contributed by atoms with Crippen LogP contribution < -0.4 is 4.31 Å². The van der Waals surface area contributed by atoms with Gasteiger partial charge in [-0.2, -0.15) is 0 Å². The Labute approximate surface area is 118 Å². The normalized spacial score (nSPS) is 11.6. The molecular formula is C11H8ClF2NO2S2. The first-order chi connectivity index (χ1) is 8.82. The van der Waals surface area contributed by atoms with Gasteiger partial charge in [-0.15, -0.1) is 11.3 Å². The monoisotopic (exact) mass is 323 g/mol. The van der Waals surface area contributed by atoms with Crippen LogP contribution in [0.3, 0.4) is 0 Å². The molecule has 0 aliphatic rings. The highest BCUT2D eigenvalue weighted by Gasteiger charge is 2.23. The van der Waals surface area contributed by atoms with Gasteiger partial charge < -0.3 is 0 Å². The van der Waals surface area contributed by atoms with Crippen molar-refractivity contribution in [2.75, 3.05) is 11.4 Å². The number of hydrogen-bond acceptors (Lipinski definition) is 3. The Bertz CT molecular complexity index is 715. The summed E-state index contributed by atoms with van der Waals surface area (Å²) in [6.45, 7) is 0. The fourth-order valence-electron chi connectivity index (χ4n) is 1.39. The van der Waals surface area contributed by atoms with Crippen LogP contribution in [0.15, 0.2) is 34.5 Å². The van der Waals surface area contributed by atoms with Gasteiger partial charge in [0.2, 0.25) is 0 Å². The molecule has 0 saturated heterocycles. The van der Waals surface area contributed by atoms with E-state index in [2.05, 4.69) is 0 Å². The molecule has 0 N–H and O–H groups in total. The van der Waals surface area contributed by atoms with Crippen molar-refractivity contribution in [1.29, 1.82) is 0 Å². The maximum atomic E-state index is 13.1. The van der Waals surface area contributed by atoms with Crippen LogP contribution in [0.2, 0.25) is 4.34 Å². The molecule has 1 heterocycles. The fraction of sp³-hybridized carbons (Fsp3) is 0.0909. The second kappa shape index (κ2) is 5.07. The number of thiophene rings is 1. The van der Waals surface area contributed by atoms with Crippen LogP contribution in [0.5, 0.6) is 0 Å². The highest BCUT2D eigenvalue weighted by atomic mass is 35.5. The van der Waals surface area contributed by atoms with E-state index in [1.807, 2.05) is 0 Å². The summed E-state index contributed by atoms with van der Waals surface area (Å²) in [5.74, 6) is -2.14. The van der Waals surface area contributed by atoms with Crippen molar-refractivity contribution in [3.63, 3.8) is 0 Å². The van der Waals surface area contributed by atoms with Gasteiger partial charge in [-0.25, -0.2) is 17.2 Å². The first-order valence-electron chi connectivity index (χ1n) is 5.01. The van der Waals surface area contributed by atoms with Gasteiger partial charge in [0.1, 0.15) is 4.21 Å². The maximum absolute atomic E-state index is 13.1. The quantitative estimate of drug-likeness (QED) is 0.867. The number of halogens is 3. The van der Waals surface area contributed by atoms with Gasteiger partial charge in [-0.05, 0) is 24.3 Å². The number of benzene rings is 1. The van der Waals surface area contributed by atoms with Crippen LogP contribution >= 0.6 is 22.9 Å². The summed E-state index contributed by atoms with van der Waals surface area (Å²) in [7, 11) is -2.56. The van der Waals surface area contributed by atoms with E-state index in [-0.39, 0.29) is 9.90 Å². The Morgan fingerprint density at radius 1 is 1.16 bits per heavy atom. The van der Waals surface area contributed by atoms with Crippen LogP contribution in [0.1, 0.15) is 0 Å². The minimum absolute atomic E-state index is 0.0309. The van der Waals surface area contributed by atoms with Gasteiger partial charge in [0.15, 0.2) is 11.6 Å². The molecule has 3 nitrogen and oxygen atoms in total. The molecule has 0 aliphatic heterocycles. The summed E-state index contributed by atoms with van der Waals surface area (Å²) >= 11 is 6.58. The maximum Gasteiger partial charge on any atom is 0.273 e. The number of hydrogen-bond donors (Lipinski definition) is 0. The van der Waals surface area contributed by atoms with E-state index >= 15 is 0 Å². The molecule has 2 aromatic rings. The predicted molar refractivity (Wildman–Crippen MR) is 71.3 cm³/mol. The first kappa shape index (κ1) is 14.2. The molecule has 0 atom stereocenters. The highest BCUT2D eigenvalue weighted by Crippen LogP contribution is 2.30. The second-order valence-corrected chi connectivity index (χ2v) is 7.54. The van der Waals surface area contributed by atoms with Gasteiger partial charge in [0, 0.05) is 13.1 Å². The van der Waals surface area contributed by atoms with E-state index in [1.54, 1.807) is 0 Å². The van der Waals surface area contributed by atoms with Crippen LogP contribution in [-0.4, -0.2) is 15.5 Å². The van der Waals surface area contributed by atoms with Crippen molar-refractivity contribution < 1.29 is 17.2 Å². The lowest BCUT2D eigenvalue weighted by Crippen LogP contribution is -2.25. The average molecular weight is 324 g/mol. The molecular weight excluding hydrogens is 316 g/mol. The van der Waals surface area contributed by atoms with Gasteiger partial charge in [-0.1, -0.05) is 11.6 Å². The summed E-state index contributed by atoms with van der Waals surface area (Å²) in [6, 6.07) is 5.70. The van der Waals surface area contributed by atoms with Gasteiger partial charge in [0.25, 0.3) is 10.0 Å². The van der Waals surface area contributed by atoms with Crippen LogP contribution in [-0.2, 0) is 10.0 Å². The molecule has 0 bridgehead atoms. The molecule has 0 saturated carbocycles. The number of rotatable bonds is 3. The fourth-order valence-corrected chi connectivity index (χ4v) is 4.23. The lowest BCUT2D eigenvalue weighted by molar-refractivity contribution is 0.509. The molecule has 0 amide bonds. The van der Waals surface area contributed by atoms with Crippen molar-refractivity contribution in [3.05, 3.63) is 46.3 Å². The van der Waals surface area contributed by atoms with Gasteiger partial charge in [-0.3, -0.25) is 4.31 Å². The summed E-state index contributed by atoms with van der Waals surface area (Å²) in [6.07, 6.45) is 0. The van der Waals surface area contributed by atoms with Crippen molar-refractivity contribution in [1.82, 2.24) is 0 Å². The molecule has 0 aliphatic carbocycles. The second-order valence-electron chi connectivity index (χ2n) is 3.63. The minimum Gasteiger partial charge on any atom is -0.269 e. The standard InChI is InChI=1S/C11H8ClF2NO2S2/c1-15(7-2-3-8(13)9(14)6-7)19(16,17)11-5-4-10(12)18-11/h2-6H,1H3. The van der Waals surface area contributed by atoms with Gasteiger partial charge >= 0.3 is 0 Å². The Morgan fingerprint density at radius 2 is 1.84 bits per heavy atom. The lowest BCUT2D eigenvalue weighted by atomic mass is 10.3. The van der Waals surface area contributed by atoms with E-state index in [9.17, 15) is 17.2 Å². The van der Waals surface area contributed by atoms with E-state index in [0.717, 1.165) is 27.8 Å². The van der Waals surface area contributed by atoms with Crippen LogP contribution in [0, 0.1) is 11.6 Å². The molecule has 2 rings (SSSR count). The summed E-state index contributed by atoms with van der Waals surface area (Å²) < 4.78 is 51.6. The zero-order valence-corrected chi connectivity index (χ0v) is 12.0. The highest BCUT2D eigenvalue weighted by molar-refractivity contribution is 7.94. The zero-order chi connectivity index (χ0) is 14.2. The first-order valence-corrected chi connectivity index (χ1v) is 7.65. The largest absolute Gasteiger partial charge is 0.273 e. The Morgan fingerprint density at radius 3 is 2.37 bits per heavy atom. The van der Waals surface area contributed by atoms with E-state index in [1.165, 1.54) is 25.2 Å². The summed E-state index contributed by atoms with van der Waals surface area (Å²) in [4.78, 5) is 0. The molecule has 0 unspecified atom stereocenters. The predicted octanol–water partition coefficient (Wildman–Crippen LogP) is 3.50. The molecule has 1 aromatic heterocycles. The third kappa shape index (κ3) is 2.72. The SMILES string of the molecule is CN(c1ccc(F)c(F)c1)S(=O)(=O)c1ccc(Cl)s1. The van der Waals surface area contributed by atoms with Crippen LogP contribution in [0.4, 0.5) is 14.5 Å². The Balaban J connectivity index is 2.43. The molecule has 0 radical (unpaired) electrons. The number of nitrogens with zero attached hydrogens (tertiary/aromatic N) is 1. The summed E-state index contributed by atoms with van der Waals surface area (Å²) in [5, 5.41) is 0. The smallest absolute Gasteiger partial charge is 0.269 e. The van der Waals surface area contributed by atoms with E-state index in [4.69, 9.17) is 11.6 Å². The third-order valence-electron chi connectivity index (χ3n) is 2.43. The van der Waals surface area contributed by atoms with Crippen molar-refractivity contribution in [2.24, 2.45) is 0 Å². The zero-order valence-electron chi connectivity index (χ0n) is 9.60. The molecule has 19 heavy (non-hydrogen) atoms. The lowest BCUT2D eigenvalue weighted by Gasteiger charge is -2.18. The minimum atomic E-state index is -3.82. The summed E-state index contributed by atoms with van der Waals surface area (Å²) in [5.41, 5.74) is 0.0309. The topological polar surface area (TPSA) is 37.4 Å². The number of anilines is 1. The van der Waals surface area contributed by atoms with E-state index < -0.39 is 21.7 Å². The molecule has 102 valence electrons. The van der Waals surface area contributed by atoms with E-state index in [0.29, 0.717) is 4.34 Å².